The second kappa shape index (κ2) is 5.31. The summed E-state index contributed by atoms with van der Waals surface area (Å²) in [6.07, 6.45) is 6.78. The molecule has 4 nitrogen and oxygen atoms in total. The number of amides is 2. The van der Waals surface area contributed by atoms with E-state index in [2.05, 4.69) is 26.1 Å². The topological polar surface area (TPSA) is 58.4 Å². The van der Waals surface area contributed by atoms with E-state index in [0.29, 0.717) is 11.5 Å². The summed E-state index contributed by atoms with van der Waals surface area (Å²) in [7, 11) is 0. The van der Waals surface area contributed by atoms with Crippen molar-refractivity contribution in [1.29, 1.82) is 0 Å². The van der Waals surface area contributed by atoms with Crippen molar-refractivity contribution in [2.45, 2.75) is 70.9 Å². The number of nitrogens with two attached hydrogens (primary N) is 1. The average molecular weight is 267 g/mol. The van der Waals surface area contributed by atoms with Gasteiger partial charge in [0.05, 0.1) is 0 Å². The number of hydrogen-bond donors (Lipinski definition) is 2. The van der Waals surface area contributed by atoms with Crippen molar-refractivity contribution in [3.8, 4) is 0 Å². The lowest BCUT2D eigenvalue weighted by molar-refractivity contribution is 0.104. The molecule has 1 saturated heterocycles. The summed E-state index contributed by atoms with van der Waals surface area (Å²) in [6.45, 7) is 7.97. The van der Waals surface area contributed by atoms with Gasteiger partial charge in [-0.1, -0.05) is 13.3 Å². The summed E-state index contributed by atoms with van der Waals surface area (Å²) in [5, 5.41) is 3.12. The maximum absolute atomic E-state index is 12.2. The number of urea groups is 1. The number of carbonyl (C=O) groups excluding carboxylic acids is 1. The minimum absolute atomic E-state index is 0.0910. The molecule has 1 aliphatic heterocycles. The van der Waals surface area contributed by atoms with Gasteiger partial charge in [-0.2, -0.15) is 0 Å². The molecule has 0 radical (unpaired) electrons. The van der Waals surface area contributed by atoms with Gasteiger partial charge in [0.2, 0.25) is 0 Å². The smallest absolute Gasteiger partial charge is 0.317 e. The summed E-state index contributed by atoms with van der Waals surface area (Å²) in [5.74, 6) is 0. The van der Waals surface area contributed by atoms with Gasteiger partial charge in [0.15, 0.2) is 0 Å². The van der Waals surface area contributed by atoms with Crippen molar-refractivity contribution < 1.29 is 4.79 Å². The number of nitrogens with one attached hydrogen (secondary N) is 1. The number of hydrogen-bond acceptors (Lipinski definition) is 2. The maximum Gasteiger partial charge on any atom is 0.317 e. The van der Waals surface area contributed by atoms with Gasteiger partial charge in [-0.3, -0.25) is 0 Å². The van der Waals surface area contributed by atoms with E-state index in [9.17, 15) is 4.79 Å². The molecule has 2 fully saturated rings. The van der Waals surface area contributed by atoms with Crippen LogP contribution >= 0.6 is 0 Å². The predicted molar refractivity (Wildman–Crippen MR) is 78.0 cm³/mol. The lowest BCUT2D eigenvalue weighted by Crippen LogP contribution is -2.54. The van der Waals surface area contributed by atoms with Gasteiger partial charge < -0.3 is 16.0 Å². The molecule has 1 spiro atoms. The van der Waals surface area contributed by atoms with Gasteiger partial charge in [-0.25, -0.2) is 4.79 Å². The highest BCUT2D eigenvalue weighted by atomic mass is 16.2. The Labute approximate surface area is 117 Å². The number of piperidine rings is 1. The van der Waals surface area contributed by atoms with Gasteiger partial charge in [0.25, 0.3) is 0 Å². The van der Waals surface area contributed by atoms with E-state index in [4.69, 9.17) is 5.73 Å². The summed E-state index contributed by atoms with van der Waals surface area (Å²) in [6, 6.07) is 0.443. The Morgan fingerprint density at radius 2 is 2.00 bits per heavy atom. The Hall–Kier alpha value is -0.770. The first-order valence-electron chi connectivity index (χ1n) is 7.71. The fraction of sp³-hybridized carbons (Fsp3) is 0.933. The highest BCUT2D eigenvalue weighted by molar-refractivity contribution is 5.75. The Kier molecular flexibility index (Phi) is 4.09. The minimum Gasteiger partial charge on any atom is -0.333 e. The van der Waals surface area contributed by atoms with Crippen molar-refractivity contribution in [2.24, 2.45) is 11.1 Å². The molecule has 1 atom stereocenters. The summed E-state index contributed by atoms with van der Waals surface area (Å²) >= 11 is 0. The summed E-state index contributed by atoms with van der Waals surface area (Å²) in [5.41, 5.74) is 6.49. The van der Waals surface area contributed by atoms with E-state index in [-0.39, 0.29) is 11.6 Å². The summed E-state index contributed by atoms with van der Waals surface area (Å²) < 4.78 is 0. The molecule has 2 rings (SSSR count). The number of likely N-dealkylation sites (tertiary alicyclic amines) is 1. The third kappa shape index (κ3) is 3.04. The van der Waals surface area contributed by atoms with Gasteiger partial charge in [-0.15, -0.1) is 0 Å². The second-order valence-electron chi connectivity index (χ2n) is 7.02. The van der Waals surface area contributed by atoms with Crippen LogP contribution in [0.15, 0.2) is 0 Å². The molecule has 0 aromatic heterocycles. The van der Waals surface area contributed by atoms with E-state index in [0.717, 1.165) is 38.8 Å². The third-order valence-corrected chi connectivity index (χ3v) is 5.35. The molecular formula is C15H29N3O. The SMILES string of the molecule is CCC(C)(C)NC(=O)N1CCC2(CCCC2N)CC1. The van der Waals surface area contributed by atoms with Crippen LogP contribution in [0.5, 0.6) is 0 Å². The number of nitrogens with zero attached hydrogens (tertiary/aromatic N) is 1. The zero-order valence-electron chi connectivity index (χ0n) is 12.7. The molecular weight excluding hydrogens is 238 g/mol. The highest BCUT2D eigenvalue weighted by Gasteiger charge is 2.43. The van der Waals surface area contributed by atoms with Crippen molar-refractivity contribution in [1.82, 2.24) is 10.2 Å². The maximum atomic E-state index is 12.2. The Morgan fingerprint density at radius 3 is 2.47 bits per heavy atom. The second-order valence-corrected chi connectivity index (χ2v) is 7.02. The summed E-state index contributed by atoms with van der Waals surface area (Å²) in [4.78, 5) is 14.2. The average Bonchev–Trinajstić information content (AvgIpc) is 2.71. The normalized spacial score (nSPS) is 26.7. The first-order valence-corrected chi connectivity index (χ1v) is 7.71. The molecule has 1 aliphatic carbocycles. The predicted octanol–water partition coefficient (Wildman–Crippen LogP) is 2.48. The molecule has 2 amide bonds. The zero-order chi connectivity index (χ0) is 14.1. The fourth-order valence-electron chi connectivity index (χ4n) is 3.40. The van der Waals surface area contributed by atoms with Crippen LogP contribution in [-0.4, -0.2) is 35.6 Å². The molecule has 1 unspecified atom stereocenters. The van der Waals surface area contributed by atoms with Crippen LogP contribution in [-0.2, 0) is 0 Å². The van der Waals surface area contributed by atoms with Crippen molar-refractivity contribution in [2.75, 3.05) is 13.1 Å². The molecule has 0 bridgehead atoms. The molecule has 3 N–H and O–H groups in total. The Bertz CT molecular complexity index is 332. The van der Waals surface area contributed by atoms with E-state index < -0.39 is 0 Å². The van der Waals surface area contributed by atoms with Crippen molar-refractivity contribution in [3.63, 3.8) is 0 Å². The minimum atomic E-state index is -0.115. The first-order chi connectivity index (χ1) is 8.88. The van der Waals surface area contributed by atoms with Crippen molar-refractivity contribution >= 4 is 6.03 Å². The van der Waals surface area contributed by atoms with Crippen LogP contribution in [0.25, 0.3) is 0 Å². The monoisotopic (exact) mass is 267 g/mol. The first kappa shape index (κ1) is 14.6. The number of carbonyl (C=O) groups is 1. The van der Waals surface area contributed by atoms with Crippen LogP contribution in [0, 0.1) is 5.41 Å². The molecule has 19 heavy (non-hydrogen) atoms. The van der Waals surface area contributed by atoms with Gasteiger partial charge in [0, 0.05) is 24.7 Å². The molecule has 0 aromatic carbocycles. The lowest BCUT2D eigenvalue weighted by atomic mass is 9.74. The van der Waals surface area contributed by atoms with E-state index in [1.165, 1.54) is 12.8 Å². The van der Waals surface area contributed by atoms with Crippen LogP contribution in [0.2, 0.25) is 0 Å². The van der Waals surface area contributed by atoms with E-state index >= 15 is 0 Å². The van der Waals surface area contributed by atoms with E-state index in [1.807, 2.05) is 4.90 Å². The quantitative estimate of drug-likeness (QED) is 0.807. The fourth-order valence-corrected chi connectivity index (χ4v) is 3.40. The van der Waals surface area contributed by atoms with Crippen molar-refractivity contribution in [3.05, 3.63) is 0 Å². The van der Waals surface area contributed by atoms with E-state index in [1.54, 1.807) is 0 Å². The Morgan fingerprint density at radius 1 is 1.37 bits per heavy atom. The molecule has 2 aliphatic rings. The molecule has 1 saturated carbocycles. The molecule has 4 heteroatoms. The third-order valence-electron chi connectivity index (χ3n) is 5.35. The number of rotatable bonds is 2. The highest BCUT2D eigenvalue weighted by Crippen LogP contribution is 2.45. The largest absolute Gasteiger partial charge is 0.333 e. The lowest BCUT2D eigenvalue weighted by Gasteiger charge is -2.42. The van der Waals surface area contributed by atoms with Crippen LogP contribution < -0.4 is 11.1 Å². The van der Waals surface area contributed by atoms with Crippen LogP contribution in [0.3, 0.4) is 0 Å². The molecule has 0 aromatic rings. The van der Waals surface area contributed by atoms with Crippen LogP contribution in [0.4, 0.5) is 4.79 Å². The molecule has 1 heterocycles. The van der Waals surface area contributed by atoms with Gasteiger partial charge in [0.1, 0.15) is 0 Å². The standard InChI is InChI=1S/C15H29N3O/c1-4-14(2,3)17-13(19)18-10-8-15(9-11-18)7-5-6-12(15)16/h12H,4-11,16H2,1-3H3,(H,17,19). The zero-order valence-corrected chi connectivity index (χ0v) is 12.7. The Balaban J connectivity index is 1.88. The molecule has 110 valence electrons. The van der Waals surface area contributed by atoms with Gasteiger partial charge in [-0.05, 0) is 51.4 Å². The van der Waals surface area contributed by atoms with Crippen LogP contribution in [0.1, 0.15) is 59.3 Å². The van der Waals surface area contributed by atoms with Gasteiger partial charge >= 0.3 is 6.03 Å².